The molecular formula is C20H17F4N7O. The SMILES string of the molecule is CN(C)Cc1ccc(-c2cn(Cc3ncc(-c4nnc(C(F)F)o4)cc3F)nn2)cc1F. The van der Waals surface area contributed by atoms with E-state index in [1.54, 1.807) is 18.3 Å². The van der Waals surface area contributed by atoms with Gasteiger partial charge in [-0.3, -0.25) is 4.98 Å². The number of pyridine rings is 1. The van der Waals surface area contributed by atoms with Crippen LogP contribution < -0.4 is 0 Å². The molecule has 0 aliphatic carbocycles. The van der Waals surface area contributed by atoms with E-state index in [4.69, 9.17) is 4.42 Å². The molecule has 0 unspecified atom stereocenters. The molecule has 0 bridgehead atoms. The highest BCUT2D eigenvalue weighted by Gasteiger charge is 2.18. The molecule has 12 heteroatoms. The molecule has 0 fully saturated rings. The fraction of sp³-hybridized carbons (Fsp3) is 0.250. The van der Waals surface area contributed by atoms with Crippen LogP contribution in [-0.2, 0) is 13.1 Å². The first-order chi connectivity index (χ1) is 15.3. The van der Waals surface area contributed by atoms with Gasteiger partial charge >= 0.3 is 6.43 Å². The highest BCUT2D eigenvalue weighted by Crippen LogP contribution is 2.24. The maximum absolute atomic E-state index is 14.5. The van der Waals surface area contributed by atoms with Crippen molar-refractivity contribution < 1.29 is 22.0 Å². The molecule has 0 amide bonds. The van der Waals surface area contributed by atoms with E-state index in [0.717, 1.165) is 6.07 Å². The number of benzene rings is 1. The molecule has 4 rings (SSSR count). The monoisotopic (exact) mass is 447 g/mol. The summed E-state index contributed by atoms with van der Waals surface area (Å²) in [6, 6.07) is 5.85. The minimum Gasteiger partial charge on any atom is -0.415 e. The number of rotatable bonds is 7. The van der Waals surface area contributed by atoms with Crippen LogP contribution in [-0.4, -0.2) is 49.2 Å². The van der Waals surface area contributed by atoms with Crippen LogP contribution >= 0.6 is 0 Å². The predicted octanol–water partition coefficient (Wildman–Crippen LogP) is 3.72. The molecule has 166 valence electrons. The maximum atomic E-state index is 14.5. The van der Waals surface area contributed by atoms with E-state index >= 15 is 0 Å². The highest BCUT2D eigenvalue weighted by atomic mass is 19.3. The average Bonchev–Trinajstić information content (AvgIpc) is 3.41. The van der Waals surface area contributed by atoms with Gasteiger partial charge in [-0.25, -0.2) is 13.5 Å². The Morgan fingerprint density at radius 1 is 1.03 bits per heavy atom. The molecule has 0 saturated heterocycles. The molecule has 0 atom stereocenters. The summed E-state index contributed by atoms with van der Waals surface area (Å²) in [6.45, 7) is 0.416. The minimum atomic E-state index is -2.92. The largest absolute Gasteiger partial charge is 0.415 e. The lowest BCUT2D eigenvalue weighted by Crippen LogP contribution is -2.11. The van der Waals surface area contributed by atoms with Gasteiger partial charge in [0.25, 0.3) is 5.89 Å². The second-order valence-electron chi connectivity index (χ2n) is 7.24. The first kappa shape index (κ1) is 21.6. The van der Waals surface area contributed by atoms with Gasteiger partial charge in [0.2, 0.25) is 5.89 Å². The molecule has 4 aromatic rings. The number of aromatic nitrogens is 6. The molecule has 8 nitrogen and oxygen atoms in total. The van der Waals surface area contributed by atoms with E-state index in [9.17, 15) is 17.6 Å². The van der Waals surface area contributed by atoms with E-state index in [2.05, 4.69) is 25.5 Å². The van der Waals surface area contributed by atoms with Crippen molar-refractivity contribution in [1.82, 2.24) is 35.1 Å². The number of alkyl halides is 2. The van der Waals surface area contributed by atoms with Gasteiger partial charge in [0, 0.05) is 23.9 Å². The van der Waals surface area contributed by atoms with Crippen LogP contribution in [0.25, 0.3) is 22.7 Å². The van der Waals surface area contributed by atoms with Crippen LogP contribution in [0.2, 0.25) is 0 Å². The van der Waals surface area contributed by atoms with Gasteiger partial charge in [0.05, 0.1) is 24.0 Å². The number of hydrogen-bond donors (Lipinski definition) is 0. The average molecular weight is 447 g/mol. The summed E-state index contributed by atoms with van der Waals surface area (Å²) >= 11 is 0. The lowest BCUT2D eigenvalue weighted by Gasteiger charge is -2.10. The Balaban J connectivity index is 1.50. The van der Waals surface area contributed by atoms with Crippen molar-refractivity contribution in [3.05, 3.63) is 65.4 Å². The van der Waals surface area contributed by atoms with Gasteiger partial charge < -0.3 is 9.32 Å². The van der Waals surface area contributed by atoms with Crippen LogP contribution in [0.3, 0.4) is 0 Å². The third kappa shape index (κ3) is 4.64. The fourth-order valence-electron chi connectivity index (χ4n) is 2.98. The van der Waals surface area contributed by atoms with Crippen molar-refractivity contribution in [2.45, 2.75) is 19.5 Å². The Morgan fingerprint density at radius 2 is 1.81 bits per heavy atom. The summed E-state index contributed by atoms with van der Waals surface area (Å²) in [5.41, 5.74) is 1.61. The molecular weight excluding hydrogens is 430 g/mol. The smallest absolute Gasteiger partial charge is 0.314 e. The molecule has 3 aromatic heterocycles. The van der Waals surface area contributed by atoms with Crippen LogP contribution in [0.15, 0.2) is 41.1 Å². The molecule has 32 heavy (non-hydrogen) atoms. The fourth-order valence-corrected chi connectivity index (χ4v) is 2.98. The van der Waals surface area contributed by atoms with Gasteiger partial charge in [0.1, 0.15) is 17.3 Å². The molecule has 0 aliphatic heterocycles. The Kier molecular flexibility index (Phi) is 5.95. The van der Waals surface area contributed by atoms with Gasteiger partial charge in [-0.1, -0.05) is 17.3 Å². The number of nitrogens with zero attached hydrogens (tertiary/aromatic N) is 7. The molecule has 0 radical (unpaired) electrons. The standard InChI is InChI=1S/C20H17F4N7O/c1-30(2)8-12-4-3-11(5-14(12)21)16-9-31(29-26-16)10-17-15(22)6-13(7-25-17)19-27-28-20(32-19)18(23)24/h3-7,9,18H,8,10H2,1-2H3. The second-order valence-corrected chi connectivity index (χ2v) is 7.24. The zero-order chi connectivity index (χ0) is 22.8. The Labute approximate surface area is 179 Å². The maximum Gasteiger partial charge on any atom is 0.314 e. The predicted molar refractivity (Wildman–Crippen MR) is 104 cm³/mol. The Bertz CT molecular complexity index is 1240. The summed E-state index contributed by atoms with van der Waals surface area (Å²) in [7, 11) is 3.70. The van der Waals surface area contributed by atoms with Gasteiger partial charge in [0.15, 0.2) is 0 Å². The van der Waals surface area contributed by atoms with Crippen molar-refractivity contribution in [3.8, 4) is 22.7 Å². The van der Waals surface area contributed by atoms with Gasteiger partial charge in [-0.05, 0) is 26.2 Å². The summed E-state index contributed by atoms with van der Waals surface area (Å²) in [6.07, 6.45) is -0.146. The normalized spacial score (nSPS) is 11.6. The van der Waals surface area contributed by atoms with Crippen molar-refractivity contribution in [2.24, 2.45) is 0 Å². The van der Waals surface area contributed by atoms with Crippen LogP contribution in [0.1, 0.15) is 23.6 Å². The van der Waals surface area contributed by atoms with Crippen LogP contribution in [0.4, 0.5) is 17.6 Å². The zero-order valence-corrected chi connectivity index (χ0v) is 17.0. The highest BCUT2D eigenvalue weighted by molar-refractivity contribution is 5.58. The summed E-state index contributed by atoms with van der Waals surface area (Å²) in [5.74, 6) is -2.19. The van der Waals surface area contributed by atoms with Gasteiger partial charge in [-0.15, -0.1) is 15.3 Å². The van der Waals surface area contributed by atoms with E-state index in [1.165, 1.54) is 16.9 Å². The van der Waals surface area contributed by atoms with Crippen LogP contribution in [0.5, 0.6) is 0 Å². The quantitative estimate of drug-likeness (QED) is 0.399. The minimum absolute atomic E-state index is 0.0336. The lowest BCUT2D eigenvalue weighted by molar-refractivity contribution is 0.116. The van der Waals surface area contributed by atoms with Crippen molar-refractivity contribution in [2.75, 3.05) is 14.1 Å². The van der Waals surface area contributed by atoms with E-state index in [-0.39, 0.29) is 29.5 Å². The Hall–Kier alpha value is -3.67. The molecule has 1 aromatic carbocycles. The zero-order valence-electron chi connectivity index (χ0n) is 17.0. The Morgan fingerprint density at radius 3 is 2.47 bits per heavy atom. The van der Waals surface area contributed by atoms with Crippen LogP contribution in [0, 0.1) is 11.6 Å². The molecule has 0 saturated carbocycles. The molecule has 0 aliphatic rings. The molecule has 0 spiro atoms. The van der Waals surface area contributed by atoms with Gasteiger partial charge in [-0.2, -0.15) is 8.78 Å². The van der Waals surface area contributed by atoms with E-state index < -0.39 is 18.1 Å². The summed E-state index contributed by atoms with van der Waals surface area (Å²) < 4.78 is 60.1. The van der Waals surface area contributed by atoms with Crippen molar-refractivity contribution in [3.63, 3.8) is 0 Å². The molecule has 3 heterocycles. The van der Waals surface area contributed by atoms with Crippen molar-refractivity contribution in [1.29, 1.82) is 0 Å². The topological polar surface area (TPSA) is 85.8 Å². The number of hydrogen-bond acceptors (Lipinski definition) is 7. The third-order valence-corrected chi connectivity index (χ3v) is 4.48. The second kappa shape index (κ2) is 8.83. The summed E-state index contributed by atoms with van der Waals surface area (Å²) in [5, 5.41) is 14.6. The summed E-state index contributed by atoms with van der Waals surface area (Å²) in [4.78, 5) is 5.85. The number of halogens is 4. The first-order valence-corrected chi connectivity index (χ1v) is 9.40. The lowest BCUT2D eigenvalue weighted by atomic mass is 10.1. The van der Waals surface area contributed by atoms with E-state index in [0.29, 0.717) is 23.4 Å². The first-order valence-electron chi connectivity index (χ1n) is 9.40. The van der Waals surface area contributed by atoms with E-state index in [1.807, 2.05) is 19.0 Å². The van der Waals surface area contributed by atoms with Crippen molar-refractivity contribution >= 4 is 0 Å². The third-order valence-electron chi connectivity index (χ3n) is 4.48. The molecule has 0 N–H and O–H groups in total.